The number of hydrogen-bond acceptors (Lipinski definition) is 4. The van der Waals surface area contributed by atoms with Crippen molar-refractivity contribution in [2.45, 2.75) is 26.2 Å². The highest BCUT2D eigenvalue weighted by atomic mass is 16.5. The second-order valence-corrected chi connectivity index (χ2v) is 4.62. The summed E-state index contributed by atoms with van der Waals surface area (Å²) < 4.78 is 5.38. The lowest BCUT2D eigenvalue weighted by Crippen LogP contribution is -2.51. The summed E-state index contributed by atoms with van der Waals surface area (Å²) in [5, 5.41) is 5.78. The number of unbranched alkanes of at least 4 members (excludes halogenated alkanes) is 1. The Balaban J connectivity index is 2.04. The quantitative estimate of drug-likeness (QED) is 0.494. The van der Waals surface area contributed by atoms with Crippen molar-refractivity contribution in [2.75, 3.05) is 45.9 Å². The lowest BCUT2D eigenvalue weighted by atomic mass is 10.3. The van der Waals surface area contributed by atoms with Crippen molar-refractivity contribution in [1.29, 1.82) is 0 Å². The average Bonchev–Trinajstić information content (AvgIpc) is 2.46. The van der Waals surface area contributed by atoms with Crippen molar-refractivity contribution in [3.05, 3.63) is 0 Å². The van der Waals surface area contributed by atoms with E-state index in [0.29, 0.717) is 26.2 Å². The van der Waals surface area contributed by atoms with E-state index in [4.69, 9.17) is 4.74 Å². The topological polar surface area (TPSA) is 70.7 Å². The van der Waals surface area contributed by atoms with Gasteiger partial charge in [-0.25, -0.2) is 0 Å². The van der Waals surface area contributed by atoms with E-state index >= 15 is 0 Å². The molecule has 0 aromatic rings. The summed E-state index contributed by atoms with van der Waals surface area (Å²) in [5.41, 5.74) is 0. The number of carbonyl (C=O) groups excluding carboxylic acids is 2. The molecule has 6 nitrogen and oxygen atoms in total. The van der Waals surface area contributed by atoms with Gasteiger partial charge >= 0.3 is 11.8 Å². The molecule has 6 heteroatoms. The predicted octanol–water partition coefficient (Wildman–Crippen LogP) is -0.259. The molecule has 0 aliphatic carbocycles. The van der Waals surface area contributed by atoms with Crippen molar-refractivity contribution in [3.63, 3.8) is 0 Å². The Morgan fingerprint density at radius 1 is 1.21 bits per heavy atom. The molecule has 0 unspecified atom stereocenters. The minimum atomic E-state index is -0.504. The van der Waals surface area contributed by atoms with E-state index in [2.05, 4.69) is 17.6 Å². The molecule has 1 fully saturated rings. The lowest BCUT2D eigenvalue weighted by Gasteiger charge is -2.26. The SMILES string of the molecule is CCCCOCCCNC(=O)C(=O)N1CCNCC1. The van der Waals surface area contributed by atoms with E-state index in [0.717, 1.165) is 39.0 Å². The van der Waals surface area contributed by atoms with Crippen LogP contribution in [0.5, 0.6) is 0 Å². The summed E-state index contributed by atoms with van der Waals surface area (Å²) in [6, 6.07) is 0. The molecule has 0 spiro atoms. The van der Waals surface area contributed by atoms with Crippen LogP contribution in [-0.4, -0.2) is 62.7 Å². The van der Waals surface area contributed by atoms with E-state index in [1.165, 1.54) is 0 Å². The summed E-state index contributed by atoms with van der Waals surface area (Å²) in [6.07, 6.45) is 2.92. The van der Waals surface area contributed by atoms with Gasteiger partial charge in [-0.15, -0.1) is 0 Å². The van der Waals surface area contributed by atoms with E-state index in [9.17, 15) is 9.59 Å². The standard InChI is InChI=1S/C13H25N3O3/c1-2-3-10-19-11-4-5-15-12(17)13(18)16-8-6-14-7-9-16/h14H,2-11H2,1H3,(H,15,17). The van der Waals surface area contributed by atoms with Gasteiger partial charge in [-0.3, -0.25) is 9.59 Å². The molecule has 2 amide bonds. The third-order valence-corrected chi connectivity index (χ3v) is 2.99. The molecule has 0 atom stereocenters. The van der Waals surface area contributed by atoms with E-state index in [1.54, 1.807) is 4.90 Å². The van der Waals surface area contributed by atoms with Crippen LogP contribution in [0.4, 0.5) is 0 Å². The zero-order valence-corrected chi connectivity index (χ0v) is 11.7. The number of carbonyl (C=O) groups is 2. The maximum atomic E-state index is 11.8. The van der Waals surface area contributed by atoms with E-state index in [-0.39, 0.29) is 0 Å². The molecule has 0 saturated carbocycles. The predicted molar refractivity (Wildman–Crippen MR) is 72.8 cm³/mol. The minimum Gasteiger partial charge on any atom is -0.381 e. The lowest BCUT2D eigenvalue weighted by molar-refractivity contribution is -0.146. The van der Waals surface area contributed by atoms with Crippen LogP contribution >= 0.6 is 0 Å². The van der Waals surface area contributed by atoms with Crippen LogP contribution in [0.1, 0.15) is 26.2 Å². The fourth-order valence-corrected chi connectivity index (χ4v) is 1.81. The van der Waals surface area contributed by atoms with Gasteiger partial charge in [-0.2, -0.15) is 0 Å². The van der Waals surface area contributed by atoms with Crippen LogP contribution < -0.4 is 10.6 Å². The van der Waals surface area contributed by atoms with Gasteiger partial charge < -0.3 is 20.3 Å². The highest BCUT2D eigenvalue weighted by Crippen LogP contribution is 1.94. The van der Waals surface area contributed by atoms with E-state index < -0.39 is 11.8 Å². The number of ether oxygens (including phenoxy) is 1. The van der Waals surface area contributed by atoms with Crippen molar-refractivity contribution in [3.8, 4) is 0 Å². The van der Waals surface area contributed by atoms with Crippen LogP contribution in [0.3, 0.4) is 0 Å². The van der Waals surface area contributed by atoms with Crippen molar-refractivity contribution in [1.82, 2.24) is 15.5 Å². The average molecular weight is 271 g/mol. The van der Waals surface area contributed by atoms with Crippen molar-refractivity contribution >= 4 is 11.8 Å². The molecular formula is C13H25N3O3. The second kappa shape index (κ2) is 9.75. The largest absolute Gasteiger partial charge is 0.381 e. The van der Waals surface area contributed by atoms with Crippen LogP contribution in [0.25, 0.3) is 0 Å². The maximum absolute atomic E-state index is 11.8. The monoisotopic (exact) mass is 271 g/mol. The van der Waals surface area contributed by atoms with Gasteiger partial charge in [0.25, 0.3) is 0 Å². The molecule has 1 aliphatic rings. The Morgan fingerprint density at radius 2 is 1.89 bits per heavy atom. The zero-order chi connectivity index (χ0) is 13.9. The number of amides is 2. The van der Waals surface area contributed by atoms with E-state index in [1.807, 2.05) is 0 Å². The number of rotatable bonds is 7. The molecule has 0 bridgehead atoms. The normalized spacial score (nSPS) is 15.3. The molecule has 110 valence electrons. The molecule has 2 N–H and O–H groups in total. The fraction of sp³-hybridized carbons (Fsp3) is 0.846. The highest BCUT2D eigenvalue weighted by Gasteiger charge is 2.22. The molecule has 19 heavy (non-hydrogen) atoms. The Bertz CT molecular complexity index is 278. The summed E-state index contributed by atoms with van der Waals surface area (Å²) in [6.45, 7) is 6.72. The van der Waals surface area contributed by atoms with Crippen molar-refractivity contribution < 1.29 is 14.3 Å². The van der Waals surface area contributed by atoms with Crippen LogP contribution in [0.15, 0.2) is 0 Å². The number of piperazine rings is 1. The third kappa shape index (κ3) is 6.54. The van der Waals surface area contributed by atoms with Gasteiger partial charge in [0.05, 0.1) is 0 Å². The van der Waals surface area contributed by atoms with Crippen LogP contribution in [0.2, 0.25) is 0 Å². The summed E-state index contributed by atoms with van der Waals surface area (Å²) in [7, 11) is 0. The third-order valence-electron chi connectivity index (χ3n) is 2.99. The molecule has 1 heterocycles. The van der Waals surface area contributed by atoms with Gasteiger partial charge in [-0.1, -0.05) is 13.3 Å². The van der Waals surface area contributed by atoms with Crippen LogP contribution in [-0.2, 0) is 14.3 Å². The summed E-state index contributed by atoms with van der Waals surface area (Å²) in [5.74, 6) is -0.927. The van der Waals surface area contributed by atoms with Gasteiger partial charge in [0.15, 0.2) is 0 Å². The number of hydrogen-bond donors (Lipinski definition) is 2. The molecular weight excluding hydrogens is 246 g/mol. The Kier molecular flexibility index (Phi) is 8.16. The van der Waals surface area contributed by atoms with Gasteiger partial charge in [0, 0.05) is 45.9 Å². The van der Waals surface area contributed by atoms with Crippen molar-refractivity contribution in [2.24, 2.45) is 0 Å². The molecule has 1 saturated heterocycles. The molecule has 0 radical (unpaired) electrons. The van der Waals surface area contributed by atoms with Gasteiger partial charge in [0.1, 0.15) is 0 Å². The highest BCUT2D eigenvalue weighted by molar-refractivity contribution is 6.35. The number of nitrogens with zero attached hydrogens (tertiary/aromatic N) is 1. The first-order valence-corrected chi connectivity index (χ1v) is 7.11. The minimum absolute atomic E-state index is 0.423. The maximum Gasteiger partial charge on any atom is 0.311 e. The summed E-state index contributed by atoms with van der Waals surface area (Å²) >= 11 is 0. The molecule has 0 aromatic heterocycles. The first-order chi connectivity index (χ1) is 9.25. The Hall–Kier alpha value is -1.14. The molecule has 0 aromatic carbocycles. The molecule has 1 rings (SSSR count). The summed E-state index contributed by atoms with van der Waals surface area (Å²) in [4.78, 5) is 25.0. The van der Waals surface area contributed by atoms with Gasteiger partial charge in [0.2, 0.25) is 0 Å². The second-order valence-electron chi connectivity index (χ2n) is 4.62. The van der Waals surface area contributed by atoms with Gasteiger partial charge in [-0.05, 0) is 12.8 Å². The number of nitrogens with one attached hydrogen (secondary N) is 2. The zero-order valence-electron chi connectivity index (χ0n) is 11.7. The first-order valence-electron chi connectivity index (χ1n) is 7.11. The first kappa shape index (κ1) is 15.9. The van der Waals surface area contributed by atoms with Crippen LogP contribution in [0, 0.1) is 0 Å². The molecule has 1 aliphatic heterocycles. The smallest absolute Gasteiger partial charge is 0.311 e. The Morgan fingerprint density at radius 3 is 2.58 bits per heavy atom. The fourth-order valence-electron chi connectivity index (χ4n) is 1.81. The Labute approximate surface area is 114 Å².